The fraction of sp³-hybridized carbons (Fsp3) is 0.500. The second kappa shape index (κ2) is 6.50. The fourth-order valence-electron chi connectivity index (χ4n) is 2.25. The number of benzene rings is 1. The van der Waals surface area contributed by atoms with Gasteiger partial charge in [-0.1, -0.05) is 12.1 Å². The summed E-state index contributed by atoms with van der Waals surface area (Å²) in [7, 11) is 0. The van der Waals surface area contributed by atoms with E-state index in [1.807, 2.05) is 0 Å². The number of piperidine rings is 1. The number of carbonyl (C=O) groups excluding carboxylic acids is 1. The maximum atomic E-state index is 13.0. The van der Waals surface area contributed by atoms with E-state index >= 15 is 0 Å². The molecule has 1 atom stereocenters. The minimum atomic E-state index is -0.295. The van der Waals surface area contributed by atoms with E-state index in [9.17, 15) is 9.18 Å². The van der Waals surface area contributed by atoms with Crippen molar-refractivity contribution >= 4 is 5.91 Å². The molecule has 0 bridgehead atoms. The van der Waals surface area contributed by atoms with E-state index in [-0.39, 0.29) is 18.1 Å². The van der Waals surface area contributed by atoms with Crippen LogP contribution in [0.25, 0.3) is 0 Å². The number of hydrogen-bond donors (Lipinski definition) is 2. The van der Waals surface area contributed by atoms with Crippen molar-refractivity contribution in [3.63, 3.8) is 0 Å². The molecule has 3 nitrogen and oxygen atoms in total. The van der Waals surface area contributed by atoms with Crippen LogP contribution >= 0.6 is 0 Å². The zero-order valence-electron chi connectivity index (χ0n) is 10.4. The Morgan fingerprint density at radius 3 is 3.11 bits per heavy atom. The third kappa shape index (κ3) is 4.11. The van der Waals surface area contributed by atoms with Gasteiger partial charge in [-0.05, 0) is 49.5 Å². The first-order chi connectivity index (χ1) is 8.74. The highest BCUT2D eigenvalue weighted by Gasteiger charge is 2.13. The first-order valence-electron chi connectivity index (χ1n) is 6.46. The van der Waals surface area contributed by atoms with Gasteiger partial charge in [0.25, 0.3) is 0 Å². The molecule has 18 heavy (non-hydrogen) atoms. The van der Waals surface area contributed by atoms with E-state index in [1.54, 1.807) is 12.1 Å². The third-order valence-electron chi connectivity index (χ3n) is 3.24. The van der Waals surface area contributed by atoms with Gasteiger partial charge in [0.1, 0.15) is 5.82 Å². The number of nitrogens with one attached hydrogen (secondary N) is 2. The highest BCUT2D eigenvalue weighted by molar-refractivity contribution is 5.78. The summed E-state index contributed by atoms with van der Waals surface area (Å²) in [5, 5.41) is 6.23. The number of carbonyl (C=O) groups is 1. The lowest BCUT2D eigenvalue weighted by atomic mass is 10.00. The molecule has 1 aromatic rings. The Hall–Kier alpha value is -1.42. The lowest BCUT2D eigenvalue weighted by Crippen LogP contribution is -2.38. The molecule has 1 unspecified atom stereocenters. The van der Waals surface area contributed by atoms with Gasteiger partial charge in [0.15, 0.2) is 0 Å². The normalized spacial score (nSPS) is 19.5. The smallest absolute Gasteiger partial charge is 0.224 e. The lowest BCUT2D eigenvalue weighted by Gasteiger charge is -2.22. The Kier molecular flexibility index (Phi) is 4.70. The molecular formula is C14H19FN2O. The molecular weight excluding hydrogens is 231 g/mol. The fourth-order valence-corrected chi connectivity index (χ4v) is 2.25. The van der Waals surface area contributed by atoms with Gasteiger partial charge in [0.05, 0.1) is 6.42 Å². The minimum Gasteiger partial charge on any atom is -0.355 e. The molecule has 0 aromatic heterocycles. The molecule has 98 valence electrons. The second-order valence-corrected chi connectivity index (χ2v) is 4.82. The Bertz CT molecular complexity index is 403. The summed E-state index contributed by atoms with van der Waals surface area (Å²) in [6.45, 7) is 2.76. The quantitative estimate of drug-likeness (QED) is 0.850. The summed E-state index contributed by atoms with van der Waals surface area (Å²) in [4.78, 5) is 11.7. The summed E-state index contributed by atoms with van der Waals surface area (Å²) >= 11 is 0. The molecule has 0 radical (unpaired) electrons. The third-order valence-corrected chi connectivity index (χ3v) is 3.24. The van der Waals surface area contributed by atoms with Crippen LogP contribution in [-0.4, -0.2) is 25.5 Å². The van der Waals surface area contributed by atoms with Gasteiger partial charge in [-0.2, -0.15) is 0 Å². The Labute approximate surface area is 107 Å². The van der Waals surface area contributed by atoms with Crippen molar-refractivity contribution in [3.05, 3.63) is 35.6 Å². The van der Waals surface area contributed by atoms with Gasteiger partial charge >= 0.3 is 0 Å². The predicted octanol–water partition coefficient (Wildman–Crippen LogP) is 1.48. The molecule has 1 heterocycles. The Morgan fingerprint density at radius 2 is 2.39 bits per heavy atom. The molecule has 2 rings (SSSR count). The van der Waals surface area contributed by atoms with E-state index in [1.165, 1.54) is 18.6 Å². The predicted molar refractivity (Wildman–Crippen MR) is 68.7 cm³/mol. The van der Waals surface area contributed by atoms with Gasteiger partial charge in [-0.15, -0.1) is 0 Å². The Morgan fingerprint density at radius 1 is 1.50 bits per heavy atom. The van der Waals surface area contributed by atoms with E-state index in [0.29, 0.717) is 18.0 Å². The molecule has 2 N–H and O–H groups in total. The van der Waals surface area contributed by atoms with Crippen LogP contribution in [0.4, 0.5) is 4.39 Å². The molecule has 1 aromatic carbocycles. The van der Waals surface area contributed by atoms with Gasteiger partial charge in [-0.25, -0.2) is 4.39 Å². The van der Waals surface area contributed by atoms with Crippen LogP contribution < -0.4 is 10.6 Å². The highest BCUT2D eigenvalue weighted by atomic mass is 19.1. The van der Waals surface area contributed by atoms with E-state index in [4.69, 9.17) is 0 Å². The summed E-state index contributed by atoms with van der Waals surface area (Å²) in [5.74, 6) is 0.193. The summed E-state index contributed by atoms with van der Waals surface area (Å²) in [5.41, 5.74) is 0.717. The molecule has 0 aliphatic carbocycles. The van der Waals surface area contributed by atoms with Crippen LogP contribution in [0.3, 0.4) is 0 Å². The second-order valence-electron chi connectivity index (χ2n) is 4.82. The van der Waals surface area contributed by atoms with Crippen molar-refractivity contribution in [2.45, 2.75) is 19.3 Å². The minimum absolute atomic E-state index is 0.0360. The maximum Gasteiger partial charge on any atom is 0.224 e. The first kappa shape index (κ1) is 13.0. The van der Waals surface area contributed by atoms with Crippen molar-refractivity contribution in [3.8, 4) is 0 Å². The SMILES string of the molecule is O=C(Cc1cccc(F)c1)NCC1CCCNC1. The van der Waals surface area contributed by atoms with Crippen molar-refractivity contribution < 1.29 is 9.18 Å². The lowest BCUT2D eigenvalue weighted by molar-refractivity contribution is -0.120. The molecule has 1 amide bonds. The van der Waals surface area contributed by atoms with Crippen LogP contribution in [0.2, 0.25) is 0 Å². The van der Waals surface area contributed by atoms with Crippen LogP contribution in [0, 0.1) is 11.7 Å². The monoisotopic (exact) mass is 250 g/mol. The maximum absolute atomic E-state index is 13.0. The van der Waals surface area contributed by atoms with Gasteiger partial charge in [0.2, 0.25) is 5.91 Å². The van der Waals surface area contributed by atoms with E-state index < -0.39 is 0 Å². The molecule has 1 aliphatic rings. The van der Waals surface area contributed by atoms with Gasteiger partial charge in [0, 0.05) is 6.54 Å². The molecule has 1 saturated heterocycles. The van der Waals surface area contributed by atoms with Crippen molar-refractivity contribution in [2.75, 3.05) is 19.6 Å². The first-order valence-corrected chi connectivity index (χ1v) is 6.46. The molecule has 0 saturated carbocycles. The molecule has 4 heteroatoms. The summed E-state index contributed by atoms with van der Waals surface area (Å²) in [6.07, 6.45) is 2.58. The summed E-state index contributed by atoms with van der Waals surface area (Å²) < 4.78 is 13.0. The number of halogens is 1. The molecule has 1 fully saturated rings. The van der Waals surface area contributed by atoms with Gasteiger partial charge in [-0.3, -0.25) is 4.79 Å². The van der Waals surface area contributed by atoms with Crippen LogP contribution in [0.15, 0.2) is 24.3 Å². The van der Waals surface area contributed by atoms with Crippen LogP contribution in [0.1, 0.15) is 18.4 Å². The average molecular weight is 250 g/mol. The topological polar surface area (TPSA) is 41.1 Å². The number of hydrogen-bond acceptors (Lipinski definition) is 2. The molecule has 0 spiro atoms. The highest BCUT2D eigenvalue weighted by Crippen LogP contribution is 2.08. The van der Waals surface area contributed by atoms with Crippen molar-refractivity contribution in [1.82, 2.24) is 10.6 Å². The zero-order chi connectivity index (χ0) is 12.8. The standard InChI is InChI=1S/C14H19FN2O/c15-13-5-1-3-11(7-13)8-14(18)17-10-12-4-2-6-16-9-12/h1,3,5,7,12,16H,2,4,6,8-10H2,(H,17,18). The Balaban J connectivity index is 1.74. The zero-order valence-corrected chi connectivity index (χ0v) is 10.4. The van der Waals surface area contributed by atoms with Crippen molar-refractivity contribution in [1.29, 1.82) is 0 Å². The van der Waals surface area contributed by atoms with Crippen LogP contribution in [-0.2, 0) is 11.2 Å². The van der Waals surface area contributed by atoms with E-state index in [2.05, 4.69) is 10.6 Å². The van der Waals surface area contributed by atoms with E-state index in [0.717, 1.165) is 19.5 Å². The van der Waals surface area contributed by atoms with Gasteiger partial charge < -0.3 is 10.6 Å². The van der Waals surface area contributed by atoms with Crippen molar-refractivity contribution in [2.24, 2.45) is 5.92 Å². The van der Waals surface area contributed by atoms with Crippen LogP contribution in [0.5, 0.6) is 0 Å². The summed E-state index contributed by atoms with van der Waals surface area (Å²) in [6, 6.07) is 6.19. The number of rotatable bonds is 4. The largest absolute Gasteiger partial charge is 0.355 e. The molecule has 1 aliphatic heterocycles. The number of amides is 1. The average Bonchev–Trinajstić information content (AvgIpc) is 2.38.